The van der Waals surface area contributed by atoms with Crippen molar-refractivity contribution in [2.45, 2.75) is 399 Å². The van der Waals surface area contributed by atoms with Crippen LogP contribution in [0.15, 0.2) is 60.8 Å². The van der Waals surface area contributed by atoms with E-state index in [2.05, 4.69) is 81.5 Å². The summed E-state index contributed by atoms with van der Waals surface area (Å²) >= 11 is 0. The second-order valence-electron chi connectivity index (χ2n) is 24.8. The van der Waals surface area contributed by atoms with Crippen molar-refractivity contribution in [3.05, 3.63) is 60.8 Å². The summed E-state index contributed by atoms with van der Waals surface area (Å²) in [5, 5.41) is 0. The van der Waals surface area contributed by atoms with Crippen molar-refractivity contribution < 1.29 is 28.6 Å². The minimum atomic E-state index is -0.783. The molecule has 1 atom stereocenters. The second kappa shape index (κ2) is 71.6. The Morgan fingerprint density at radius 2 is 0.470 bits per heavy atom. The van der Waals surface area contributed by atoms with Gasteiger partial charge in [0.05, 0.1) is 0 Å². The van der Waals surface area contributed by atoms with Crippen molar-refractivity contribution in [1.29, 1.82) is 0 Å². The lowest BCUT2D eigenvalue weighted by molar-refractivity contribution is -0.167. The van der Waals surface area contributed by atoms with Crippen molar-refractivity contribution in [3.8, 4) is 0 Å². The quantitative estimate of drug-likeness (QED) is 0.0261. The fourth-order valence-corrected chi connectivity index (χ4v) is 11.0. The highest BCUT2D eigenvalue weighted by Crippen LogP contribution is 2.18. The fourth-order valence-electron chi connectivity index (χ4n) is 11.0. The number of rotatable bonds is 68. The number of unbranched alkanes of at least 4 members (excludes halogenated alkanes) is 47. The van der Waals surface area contributed by atoms with E-state index in [1.807, 2.05) is 0 Å². The van der Waals surface area contributed by atoms with Gasteiger partial charge in [0.2, 0.25) is 0 Å². The Morgan fingerprint density at radius 3 is 0.759 bits per heavy atom. The van der Waals surface area contributed by atoms with Gasteiger partial charge in [0.25, 0.3) is 0 Å². The number of carbonyl (C=O) groups excluding carboxylic acids is 3. The summed E-state index contributed by atoms with van der Waals surface area (Å²) < 4.78 is 17.0. The van der Waals surface area contributed by atoms with Gasteiger partial charge in [-0.1, -0.05) is 332 Å². The molecule has 0 aliphatic heterocycles. The highest BCUT2D eigenvalue weighted by Gasteiger charge is 2.19. The van der Waals surface area contributed by atoms with Gasteiger partial charge in [-0.05, 0) is 103 Å². The van der Waals surface area contributed by atoms with E-state index in [-0.39, 0.29) is 31.1 Å². The summed E-state index contributed by atoms with van der Waals surface area (Å²) in [7, 11) is 0. The molecule has 83 heavy (non-hydrogen) atoms. The number of hydrogen-bond donors (Lipinski definition) is 0. The molecule has 0 N–H and O–H groups in total. The van der Waals surface area contributed by atoms with Gasteiger partial charge < -0.3 is 14.2 Å². The third-order valence-corrected chi connectivity index (χ3v) is 16.5. The van der Waals surface area contributed by atoms with E-state index in [1.54, 1.807) is 0 Å². The largest absolute Gasteiger partial charge is 0.462 e. The summed E-state index contributed by atoms with van der Waals surface area (Å²) in [6.45, 7) is 6.55. The zero-order valence-corrected chi connectivity index (χ0v) is 55.7. The maximum atomic E-state index is 12.9. The van der Waals surface area contributed by atoms with E-state index >= 15 is 0 Å². The fraction of sp³-hybridized carbons (Fsp3) is 0.831. The van der Waals surface area contributed by atoms with Crippen LogP contribution in [0.1, 0.15) is 393 Å². The topological polar surface area (TPSA) is 78.9 Å². The van der Waals surface area contributed by atoms with Crippen molar-refractivity contribution in [2.75, 3.05) is 13.2 Å². The van der Waals surface area contributed by atoms with E-state index in [9.17, 15) is 14.4 Å². The smallest absolute Gasteiger partial charge is 0.306 e. The van der Waals surface area contributed by atoms with Crippen molar-refractivity contribution >= 4 is 17.9 Å². The Morgan fingerprint density at radius 1 is 0.253 bits per heavy atom. The Balaban J connectivity index is 4.09. The number of carbonyl (C=O) groups is 3. The predicted octanol–water partition coefficient (Wildman–Crippen LogP) is 25.5. The molecule has 0 aromatic carbocycles. The van der Waals surface area contributed by atoms with Gasteiger partial charge in [0, 0.05) is 19.3 Å². The van der Waals surface area contributed by atoms with Crippen LogP contribution in [-0.2, 0) is 28.6 Å². The molecule has 0 heterocycles. The van der Waals surface area contributed by atoms with Crippen LogP contribution >= 0.6 is 0 Å². The molecule has 0 amide bonds. The number of ether oxygens (including phenoxy) is 3. The lowest BCUT2D eigenvalue weighted by Crippen LogP contribution is -2.30. The standard InChI is InChI=1S/C77H140O6/c1-4-7-10-13-16-19-22-25-27-29-30-31-32-33-34-35-36-37-38-39-40-41-42-43-44-45-46-48-49-52-55-58-61-64-67-70-76(79)82-73-74(72-81-75(78)69-66-63-60-57-54-51-24-21-18-15-12-9-6-3)83-77(80)71-68-65-62-59-56-53-50-47-28-26-23-20-17-14-11-8-5-2/h8,11,17,20-21,24,26,28-30,74H,4-7,9-10,12-16,18-19,22-23,25,27,31-73H2,1-3H3/b11-8-,20-17-,24-21-,28-26-,30-29-. The molecule has 0 saturated heterocycles. The van der Waals surface area contributed by atoms with Gasteiger partial charge in [0.1, 0.15) is 13.2 Å². The predicted molar refractivity (Wildman–Crippen MR) is 362 cm³/mol. The molecule has 0 spiro atoms. The van der Waals surface area contributed by atoms with Gasteiger partial charge in [-0.2, -0.15) is 0 Å². The molecule has 6 heteroatoms. The summed E-state index contributed by atoms with van der Waals surface area (Å²) in [5.74, 6) is -0.875. The third kappa shape index (κ3) is 69.8. The first kappa shape index (κ1) is 80.1. The Bertz CT molecular complexity index is 1470. The van der Waals surface area contributed by atoms with Gasteiger partial charge in [0.15, 0.2) is 6.10 Å². The highest BCUT2D eigenvalue weighted by molar-refractivity contribution is 5.71. The molecule has 0 aromatic rings. The summed E-state index contributed by atoms with van der Waals surface area (Å²) in [6, 6.07) is 0. The number of esters is 3. The molecule has 1 unspecified atom stereocenters. The molecule has 0 fully saturated rings. The van der Waals surface area contributed by atoms with Gasteiger partial charge >= 0.3 is 17.9 Å². The summed E-state index contributed by atoms with van der Waals surface area (Å²) in [4.78, 5) is 38.4. The molecular weight excluding hydrogens is 1020 g/mol. The first-order chi connectivity index (χ1) is 41.0. The average Bonchev–Trinajstić information content (AvgIpc) is 3.49. The van der Waals surface area contributed by atoms with Gasteiger partial charge in [-0.15, -0.1) is 0 Å². The lowest BCUT2D eigenvalue weighted by atomic mass is 10.0. The zero-order valence-electron chi connectivity index (χ0n) is 55.7. The van der Waals surface area contributed by atoms with Crippen LogP contribution in [0.2, 0.25) is 0 Å². The molecule has 0 rings (SSSR count). The molecular formula is C77H140O6. The third-order valence-electron chi connectivity index (χ3n) is 16.5. The Labute approximate surface area is 517 Å². The van der Waals surface area contributed by atoms with Crippen LogP contribution in [0.4, 0.5) is 0 Å². The minimum absolute atomic E-state index is 0.0773. The molecule has 0 aliphatic carbocycles. The monoisotopic (exact) mass is 1160 g/mol. The maximum absolute atomic E-state index is 12.9. The van der Waals surface area contributed by atoms with Crippen LogP contribution in [-0.4, -0.2) is 37.2 Å². The number of hydrogen-bond acceptors (Lipinski definition) is 6. The van der Waals surface area contributed by atoms with E-state index in [1.165, 1.54) is 263 Å². The van der Waals surface area contributed by atoms with E-state index < -0.39 is 6.10 Å². The average molecular weight is 1160 g/mol. The molecule has 6 nitrogen and oxygen atoms in total. The van der Waals surface area contributed by atoms with Crippen LogP contribution in [0, 0.1) is 0 Å². The zero-order chi connectivity index (χ0) is 59.9. The van der Waals surface area contributed by atoms with Crippen LogP contribution < -0.4 is 0 Å². The van der Waals surface area contributed by atoms with Crippen LogP contribution in [0.25, 0.3) is 0 Å². The minimum Gasteiger partial charge on any atom is -0.462 e. The van der Waals surface area contributed by atoms with Crippen molar-refractivity contribution in [3.63, 3.8) is 0 Å². The van der Waals surface area contributed by atoms with E-state index in [4.69, 9.17) is 14.2 Å². The molecule has 0 saturated carbocycles. The second-order valence-corrected chi connectivity index (χ2v) is 24.8. The molecule has 0 aromatic heterocycles. The molecule has 484 valence electrons. The van der Waals surface area contributed by atoms with E-state index in [0.717, 1.165) is 89.9 Å². The van der Waals surface area contributed by atoms with Crippen molar-refractivity contribution in [1.82, 2.24) is 0 Å². The lowest BCUT2D eigenvalue weighted by Gasteiger charge is -2.18. The first-order valence-electron chi connectivity index (χ1n) is 36.8. The Hall–Kier alpha value is -2.89. The molecule has 0 bridgehead atoms. The van der Waals surface area contributed by atoms with Crippen LogP contribution in [0.3, 0.4) is 0 Å². The maximum Gasteiger partial charge on any atom is 0.306 e. The molecule has 0 radical (unpaired) electrons. The highest BCUT2D eigenvalue weighted by atomic mass is 16.6. The van der Waals surface area contributed by atoms with Gasteiger partial charge in [-0.3, -0.25) is 14.4 Å². The normalized spacial score (nSPS) is 12.4. The molecule has 0 aliphatic rings. The van der Waals surface area contributed by atoms with Crippen LogP contribution in [0.5, 0.6) is 0 Å². The first-order valence-corrected chi connectivity index (χ1v) is 36.8. The van der Waals surface area contributed by atoms with E-state index in [0.29, 0.717) is 19.3 Å². The van der Waals surface area contributed by atoms with Crippen molar-refractivity contribution in [2.24, 2.45) is 0 Å². The number of allylic oxidation sites excluding steroid dienone is 10. The Kier molecular flexibility index (Phi) is 69.1. The summed E-state index contributed by atoms with van der Waals surface area (Å²) in [5.41, 5.74) is 0. The summed E-state index contributed by atoms with van der Waals surface area (Å²) in [6.07, 6.45) is 92.8. The SMILES string of the molecule is CC/C=C\C/C=C\C/C=C\CCCCCCCCCC(=O)OC(COC(=O)CCCCCCC/C=C\CCCCCC)COC(=O)CCCCCCCCCCCCCCCCCCCCCCCCC/C=C\CCCCCCCCCC. The van der Waals surface area contributed by atoms with Gasteiger partial charge in [-0.25, -0.2) is 0 Å².